The molecule has 1 aromatic carbocycles. The van der Waals surface area contributed by atoms with Gasteiger partial charge >= 0.3 is 12.1 Å². The Morgan fingerprint density at radius 1 is 1.22 bits per heavy atom. The molecule has 10 heteroatoms. The Balaban J connectivity index is 1.65. The number of hydrogen-bond donors (Lipinski definition) is 1. The van der Waals surface area contributed by atoms with Crippen LogP contribution in [0.4, 0.5) is 13.2 Å². The van der Waals surface area contributed by atoms with E-state index in [-0.39, 0.29) is 23.9 Å². The molecule has 0 aliphatic carbocycles. The first-order chi connectivity index (χ1) is 12.8. The molecule has 3 rings (SSSR count). The number of alkyl halides is 3. The molecule has 0 fully saturated rings. The first kappa shape index (κ1) is 18.4. The number of halogens is 3. The van der Waals surface area contributed by atoms with Gasteiger partial charge in [0.05, 0.1) is 6.61 Å². The Kier molecular flexibility index (Phi) is 5.06. The van der Waals surface area contributed by atoms with Gasteiger partial charge in [-0.3, -0.25) is 4.79 Å². The fraction of sp³-hybridized carbons (Fsp3) is 0.176. The number of benzene rings is 1. The summed E-state index contributed by atoms with van der Waals surface area (Å²) in [4.78, 5) is 18.5. The Morgan fingerprint density at radius 2 is 2.04 bits per heavy atom. The summed E-state index contributed by atoms with van der Waals surface area (Å²) in [5.74, 6) is -1.97. The van der Waals surface area contributed by atoms with Crippen LogP contribution in [0.1, 0.15) is 21.8 Å². The van der Waals surface area contributed by atoms with Crippen molar-refractivity contribution in [3.05, 3.63) is 59.6 Å². The summed E-state index contributed by atoms with van der Waals surface area (Å²) in [6, 6.07) is 9.64. The molecule has 7 nitrogen and oxygen atoms in total. The van der Waals surface area contributed by atoms with Gasteiger partial charge in [-0.15, -0.1) is 0 Å². The molecular weight excluding hydrogens is 365 g/mol. The molecule has 27 heavy (non-hydrogen) atoms. The van der Waals surface area contributed by atoms with Crippen LogP contribution in [0.15, 0.2) is 47.1 Å². The van der Waals surface area contributed by atoms with Crippen molar-refractivity contribution >= 4 is 5.91 Å². The van der Waals surface area contributed by atoms with Crippen molar-refractivity contribution in [3.8, 4) is 17.3 Å². The van der Waals surface area contributed by atoms with Crippen LogP contribution in [0.3, 0.4) is 0 Å². The maximum Gasteiger partial charge on any atom is 0.471 e. The van der Waals surface area contributed by atoms with Gasteiger partial charge < -0.3 is 15.0 Å². The van der Waals surface area contributed by atoms with E-state index in [1.165, 1.54) is 18.3 Å². The second-order valence-electron chi connectivity index (χ2n) is 5.47. The molecule has 0 saturated carbocycles. The van der Waals surface area contributed by atoms with Crippen LogP contribution in [0, 0.1) is 0 Å². The van der Waals surface area contributed by atoms with Crippen LogP contribution in [-0.4, -0.2) is 27.6 Å². The molecule has 1 amide bonds. The van der Waals surface area contributed by atoms with E-state index in [4.69, 9.17) is 10.5 Å². The van der Waals surface area contributed by atoms with E-state index in [1.54, 1.807) is 18.2 Å². The number of nitrogens with zero attached hydrogens (tertiary/aromatic N) is 3. The minimum Gasteiger partial charge on any atom is -0.477 e. The normalized spacial score (nSPS) is 11.4. The molecule has 2 heterocycles. The molecule has 0 radical (unpaired) electrons. The lowest BCUT2D eigenvalue weighted by atomic mass is 10.1. The van der Waals surface area contributed by atoms with Gasteiger partial charge in [-0.2, -0.15) is 18.2 Å². The molecular formula is C17H13F3N4O3. The lowest BCUT2D eigenvalue weighted by Gasteiger charge is -2.07. The summed E-state index contributed by atoms with van der Waals surface area (Å²) in [7, 11) is 0. The number of ether oxygens (including phenoxy) is 1. The number of amides is 1. The number of carbonyl (C=O) groups excluding carboxylic acids is 1. The van der Waals surface area contributed by atoms with Crippen molar-refractivity contribution in [2.45, 2.75) is 12.6 Å². The largest absolute Gasteiger partial charge is 0.477 e. The average Bonchev–Trinajstić information content (AvgIpc) is 3.13. The van der Waals surface area contributed by atoms with Gasteiger partial charge in [0.15, 0.2) is 0 Å². The Morgan fingerprint density at radius 3 is 2.74 bits per heavy atom. The maximum absolute atomic E-state index is 12.5. The molecule has 0 bridgehead atoms. The van der Waals surface area contributed by atoms with Crippen LogP contribution in [0.2, 0.25) is 0 Å². The van der Waals surface area contributed by atoms with Crippen molar-refractivity contribution < 1.29 is 27.2 Å². The van der Waals surface area contributed by atoms with Gasteiger partial charge in [-0.1, -0.05) is 17.3 Å². The minimum absolute atomic E-state index is 0.192. The van der Waals surface area contributed by atoms with Gasteiger partial charge in [0.1, 0.15) is 0 Å². The van der Waals surface area contributed by atoms with Crippen LogP contribution in [0.25, 0.3) is 11.4 Å². The van der Waals surface area contributed by atoms with Gasteiger partial charge in [-0.25, -0.2) is 4.98 Å². The van der Waals surface area contributed by atoms with E-state index in [1.807, 2.05) is 6.07 Å². The Bertz CT molecular complexity index is 956. The molecule has 0 saturated heterocycles. The molecule has 2 aromatic heterocycles. The predicted octanol–water partition coefficient (Wildman–Crippen LogP) is 2.87. The molecule has 0 unspecified atom stereocenters. The monoisotopic (exact) mass is 378 g/mol. The SMILES string of the molecule is NC(=O)c1cccc(CCOc2cc(-c3noc(C(F)(F)F)n3)ccn2)c1. The fourth-order valence-corrected chi connectivity index (χ4v) is 2.24. The molecule has 0 atom stereocenters. The fourth-order valence-electron chi connectivity index (χ4n) is 2.24. The smallest absolute Gasteiger partial charge is 0.471 e. The number of aromatic nitrogens is 3. The molecule has 2 N–H and O–H groups in total. The van der Waals surface area contributed by atoms with E-state index in [0.29, 0.717) is 12.0 Å². The second-order valence-corrected chi connectivity index (χ2v) is 5.47. The zero-order valence-electron chi connectivity index (χ0n) is 13.7. The van der Waals surface area contributed by atoms with Crippen molar-refractivity contribution in [1.82, 2.24) is 15.1 Å². The number of nitrogens with two attached hydrogens (primary N) is 1. The standard InChI is InChI=1S/C17H13F3N4O3/c18-17(19,20)16-23-15(24-27-16)12-4-6-22-13(9-12)26-7-5-10-2-1-3-11(8-10)14(21)25/h1-4,6,8-9H,5,7H2,(H2,21,25). The van der Waals surface area contributed by atoms with Crippen molar-refractivity contribution in [3.63, 3.8) is 0 Å². The Labute approximate surface area is 151 Å². The van der Waals surface area contributed by atoms with Crippen LogP contribution in [0.5, 0.6) is 5.88 Å². The molecule has 0 spiro atoms. The van der Waals surface area contributed by atoms with Crippen molar-refractivity contribution in [2.24, 2.45) is 5.73 Å². The highest BCUT2D eigenvalue weighted by Crippen LogP contribution is 2.29. The molecule has 0 aliphatic heterocycles. The molecule has 0 aliphatic rings. The molecule has 3 aromatic rings. The summed E-state index contributed by atoms with van der Waals surface area (Å²) < 4.78 is 47.3. The number of pyridine rings is 1. The van der Waals surface area contributed by atoms with Crippen LogP contribution < -0.4 is 10.5 Å². The third kappa shape index (κ3) is 4.60. The summed E-state index contributed by atoms with van der Waals surface area (Å²) in [6.45, 7) is 0.235. The van der Waals surface area contributed by atoms with Gasteiger partial charge in [0, 0.05) is 29.8 Å². The minimum atomic E-state index is -4.71. The van der Waals surface area contributed by atoms with E-state index in [0.717, 1.165) is 5.56 Å². The third-order valence-corrected chi connectivity index (χ3v) is 3.51. The number of rotatable bonds is 6. The number of primary amides is 1. The summed E-state index contributed by atoms with van der Waals surface area (Å²) in [6.07, 6.45) is -2.87. The number of carbonyl (C=O) groups is 1. The zero-order chi connectivity index (χ0) is 19.4. The zero-order valence-corrected chi connectivity index (χ0v) is 13.7. The predicted molar refractivity (Wildman–Crippen MR) is 86.7 cm³/mol. The topological polar surface area (TPSA) is 104 Å². The van der Waals surface area contributed by atoms with Gasteiger partial charge in [0.2, 0.25) is 17.6 Å². The lowest BCUT2D eigenvalue weighted by molar-refractivity contribution is -0.159. The first-order valence-corrected chi connectivity index (χ1v) is 7.72. The third-order valence-electron chi connectivity index (χ3n) is 3.51. The number of hydrogen-bond acceptors (Lipinski definition) is 6. The van der Waals surface area contributed by atoms with Crippen molar-refractivity contribution in [1.29, 1.82) is 0 Å². The summed E-state index contributed by atoms with van der Waals surface area (Å²) >= 11 is 0. The highest BCUT2D eigenvalue weighted by Gasteiger charge is 2.38. The maximum atomic E-state index is 12.5. The van der Waals surface area contributed by atoms with Gasteiger partial charge in [-0.05, 0) is 23.8 Å². The van der Waals surface area contributed by atoms with Gasteiger partial charge in [0.25, 0.3) is 0 Å². The van der Waals surface area contributed by atoms with Crippen LogP contribution >= 0.6 is 0 Å². The van der Waals surface area contributed by atoms with E-state index in [2.05, 4.69) is 19.6 Å². The summed E-state index contributed by atoms with van der Waals surface area (Å²) in [5.41, 5.74) is 6.74. The second kappa shape index (κ2) is 7.44. The first-order valence-electron chi connectivity index (χ1n) is 7.72. The molecule has 140 valence electrons. The van der Waals surface area contributed by atoms with E-state index < -0.39 is 18.0 Å². The summed E-state index contributed by atoms with van der Waals surface area (Å²) in [5, 5.41) is 3.31. The quantitative estimate of drug-likeness (QED) is 0.707. The Hall–Kier alpha value is -3.43. The highest BCUT2D eigenvalue weighted by molar-refractivity contribution is 5.92. The van der Waals surface area contributed by atoms with E-state index >= 15 is 0 Å². The van der Waals surface area contributed by atoms with Crippen LogP contribution in [-0.2, 0) is 12.6 Å². The van der Waals surface area contributed by atoms with E-state index in [9.17, 15) is 18.0 Å². The average molecular weight is 378 g/mol. The lowest BCUT2D eigenvalue weighted by Crippen LogP contribution is -2.11. The van der Waals surface area contributed by atoms with Crippen molar-refractivity contribution in [2.75, 3.05) is 6.61 Å². The highest BCUT2D eigenvalue weighted by atomic mass is 19.4.